The molecule has 2 fully saturated rings. The molecule has 1 aliphatic heterocycles. The van der Waals surface area contributed by atoms with Gasteiger partial charge >= 0.3 is 0 Å². The van der Waals surface area contributed by atoms with E-state index < -0.39 is 0 Å². The van der Waals surface area contributed by atoms with Crippen molar-refractivity contribution in [3.8, 4) is 0 Å². The highest BCUT2D eigenvalue weighted by Crippen LogP contribution is 2.43. The van der Waals surface area contributed by atoms with Crippen LogP contribution in [0.2, 0.25) is 0 Å². The van der Waals surface area contributed by atoms with E-state index in [1.165, 1.54) is 29.7 Å². The predicted molar refractivity (Wildman–Crippen MR) is 94.4 cm³/mol. The maximum absolute atomic E-state index is 4.91. The van der Waals surface area contributed by atoms with Crippen LogP contribution in [-0.4, -0.2) is 32.6 Å². The number of fused-ring (bicyclic) bond motifs is 1. The van der Waals surface area contributed by atoms with Crippen LogP contribution in [0.5, 0.6) is 0 Å². The first-order valence-corrected chi connectivity index (χ1v) is 8.86. The first kappa shape index (κ1) is 14.0. The predicted octanol–water partition coefficient (Wildman–Crippen LogP) is 3.33. The van der Waals surface area contributed by atoms with Gasteiger partial charge in [-0.3, -0.25) is 0 Å². The van der Waals surface area contributed by atoms with Gasteiger partial charge in [0.1, 0.15) is 5.82 Å². The second-order valence-corrected chi connectivity index (χ2v) is 6.91. The summed E-state index contributed by atoms with van der Waals surface area (Å²) < 4.78 is 2.48. The van der Waals surface area contributed by atoms with Crippen LogP contribution in [0, 0.1) is 0 Å². The Morgan fingerprint density at radius 3 is 2.54 bits per heavy atom. The van der Waals surface area contributed by atoms with E-state index in [1.807, 2.05) is 12.4 Å². The summed E-state index contributed by atoms with van der Waals surface area (Å²) in [6, 6.07) is 8.99. The smallest absolute Gasteiger partial charge is 0.225 e. The Balaban J connectivity index is 1.42. The molecule has 0 unspecified atom stereocenters. The maximum Gasteiger partial charge on any atom is 0.225 e. The molecule has 122 valence electrons. The lowest BCUT2D eigenvalue weighted by Crippen LogP contribution is -2.49. The number of anilines is 1. The molecule has 5 heteroatoms. The summed E-state index contributed by atoms with van der Waals surface area (Å²) in [5, 5.41) is 0. The Bertz CT molecular complexity index is 872. The number of hydrogen-bond acceptors (Lipinski definition) is 4. The second kappa shape index (κ2) is 5.30. The molecule has 2 aliphatic rings. The average molecular weight is 319 g/mol. The molecule has 0 bridgehead atoms. The number of imidazole rings is 1. The van der Waals surface area contributed by atoms with Gasteiger partial charge in [-0.15, -0.1) is 0 Å². The molecule has 5 rings (SSSR count). The number of para-hydroxylation sites is 2. The van der Waals surface area contributed by atoms with Gasteiger partial charge in [0.05, 0.1) is 17.1 Å². The highest BCUT2D eigenvalue weighted by molar-refractivity contribution is 5.76. The number of aromatic nitrogens is 4. The van der Waals surface area contributed by atoms with E-state index in [1.54, 1.807) is 0 Å². The van der Waals surface area contributed by atoms with Gasteiger partial charge in [0.25, 0.3) is 0 Å². The highest BCUT2D eigenvalue weighted by atomic mass is 15.3. The van der Waals surface area contributed by atoms with Gasteiger partial charge < -0.3 is 9.47 Å². The largest absolute Gasteiger partial charge is 0.337 e. The fourth-order valence-corrected chi connectivity index (χ4v) is 3.55. The van der Waals surface area contributed by atoms with Crippen molar-refractivity contribution in [2.75, 3.05) is 18.0 Å². The monoisotopic (exact) mass is 319 g/mol. The lowest BCUT2D eigenvalue weighted by atomic mass is 10.1. The number of nitrogens with zero attached hydrogens (tertiary/aromatic N) is 5. The van der Waals surface area contributed by atoms with Crippen molar-refractivity contribution in [2.24, 2.45) is 0 Å². The fourth-order valence-electron chi connectivity index (χ4n) is 3.55. The summed E-state index contributed by atoms with van der Waals surface area (Å²) in [5.74, 6) is 2.79. The molecule has 3 aromatic rings. The van der Waals surface area contributed by atoms with Crippen molar-refractivity contribution >= 4 is 17.0 Å². The molecule has 1 aromatic carbocycles. The molecule has 0 spiro atoms. The van der Waals surface area contributed by atoms with Crippen molar-refractivity contribution in [3.05, 3.63) is 48.0 Å². The van der Waals surface area contributed by atoms with Crippen LogP contribution in [-0.2, 0) is 6.42 Å². The highest BCUT2D eigenvalue weighted by Gasteiger charge is 2.36. The third kappa shape index (κ3) is 2.19. The summed E-state index contributed by atoms with van der Waals surface area (Å²) in [6.07, 6.45) is 7.42. The standard InChI is InChI=1S/C19H21N5/c1-2-13-9-20-19(21-10-13)23-11-15(12-23)24-17-6-4-3-5-16(17)22-18(24)14-7-8-14/h3-6,9-10,14-15H,2,7-8,11-12H2,1H3. The Morgan fingerprint density at radius 1 is 1.08 bits per heavy atom. The zero-order valence-corrected chi connectivity index (χ0v) is 13.9. The van der Waals surface area contributed by atoms with Gasteiger partial charge in [-0.2, -0.15) is 0 Å². The summed E-state index contributed by atoms with van der Waals surface area (Å²) in [6.45, 7) is 4.05. The van der Waals surface area contributed by atoms with Crippen molar-refractivity contribution < 1.29 is 0 Å². The molecule has 1 aliphatic carbocycles. The summed E-state index contributed by atoms with van der Waals surface area (Å²) in [7, 11) is 0. The van der Waals surface area contributed by atoms with Crippen LogP contribution in [0.1, 0.15) is 43.1 Å². The second-order valence-electron chi connectivity index (χ2n) is 6.91. The zero-order chi connectivity index (χ0) is 16.1. The molecule has 1 saturated carbocycles. The van der Waals surface area contributed by atoms with Gasteiger partial charge in [-0.05, 0) is 37.0 Å². The minimum absolute atomic E-state index is 0.474. The summed E-state index contributed by atoms with van der Waals surface area (Å²) >= 11 is 0. The molecular weight excluding hydrogens is 298 g/mol. The SMILES string of the molecule is CCc1cnc(N2CC(n3c(C4CC4)nc4ccccc43)C2)nc1. The molecule has 2 aromatic heterocycles. The van der Waals surface area contributed by atoms with Gasteiger partial charge in [0.2, 0.25) is 5.95 Å². The Labute approximate surface area is 141 Å². The molecule has 0 atom stereocenters. The average Bonchev–Trinajstić information content (AvgIpc) is 3.36. The van der Waals surface area contributed by atoms with Crippen LogP contribution < -0.4 is 4.90 Å². The van der Waals surface area contributed by atoms with Crippen LogP contribution in [0.3, 0.4) is 0 Å². The van der Waals surface area contributed by atoms with Gasteiger partial charge in [-0.1, -0.05) is 19.1 Å². The number of rotatable bonds is 4. The molecule has 3 heterocycles. The number of hydrogen-bond donors (Lipinski definition) is 0. The molecular formula is C19H21N5. The van der Waals surface area contributed by atoms with E-state index in [-0.39, 0.29) is 0 Å². The molecule has 24 heavy (non-hydrogen) atoms. The van der Waals surface area contributed by atoms with Gasteiger partial charge in [0, 0.05) is 31.4 Å². The Morgan fingerprint density at radius 2 is 1.83 bits per heavy atom. The summed E-state index contributed by atoms with van der Waals surface area (Å²) in [5.41, 5.74) is 3.58. The minimum atomic E-state index is 0.474. The lowest BCUT2D eigenvalue weighted by molar-refractivity contribution is 0.392. The number of aryl methyl sites for hydroxylation is 1. The van der Waals surface area contributed by atoms with E-state index in [4.69, 9.17) is 4.98 Å². The third-order valence-corrected chi connectivity index (χ3v) is 5.18. The normalized spacial score (nSPS) is 18.1. The van der Waals surface area contributed by atoms with Crippen LogP contribution in [0.15, 0.2) is 36.7 Å². The molecule has 0 radical (unpaired) electrons. The molecule has 0 amide bonds. The van der Waals surface area contributed by atoms with Crippen molar-refractivity contribution in [1.29, 1.82) is 0 Å². The van der Waals surface area contributed by atoms with Crippen molar-refractivity contribution in [1.82, 2.24) is 19.5 Å². The van der Waals surface area contributed by atoms with E-state index >= 15 is 0 Å². The first-order chi connectivity index (χ1) is 11.8. The van der Waals surface area contributed by atoms with E-state index in [2.05, 4.69) is 50.6 Å². The van der Waals surface area contributed by atoms with E-state index in [9.17, 15) is 0 Å². The summed E-state index contributed by atoms with van der Waals surface area (Å²) in [4.78, 5) is 16.2. The van der Waals surface area contributed by atoms with Crippen LogP contribution in [0.25, 0.3) is 11.0 Å². The van der Waals surface area contributed by atoms with Crippen LogP contribution >= 0.6 is 0 Å². The third-order valence-electron chi connectivity index (χ3n) is 5.18. The minimum Gasteiger partial charge on any atom is -0.337 e. The zero-order valence-electron chi connectivity index (χ0n) is 13.9. The van der Waals surface area contributed by atoms with Crippen molar-refractivity contribution in [2.45, 2.75) is 38.1 Å². The van der Waals surface area contributed by atoms with Crippen LogP contribution in [0.4, 0.5) is 5.95 Å². The quantitative estimate of drug-likeness (QED) is 0.740. The van der Waals surface area contributed by atoms with Gasteiger partial charge in [-0.25, -0.2) is 15.0 Å². The Hall–Kier alpha value is -2.43. The topological polar surface area (TPSA) is 46.8 Å². The van der Waals surface area contributed by atoms with Gasteiger partial charge in [0.15, 0.2) is 0 Å². The molecule has 1 saturated heterocycles. The fraction of sp³-hybridized carbons (Fsp3) is 0.421. The number of benzene rings is 1. The maximum atomic E-state index is 4.91. The molecule has 5 nitrogen and oxygen atoms in total. The lowest BCUT2D eigenvalue weighted by Gasteiger charge is -2.40. The van der Waals surface area contributed by atoms with E-state index in [0.717, 1.165) is 31.0 Å². The first-order valence-electron chi connectivity index (χ1n) is 8.86. The molecule has 0 N–H and O–H groups in total. The van der Waals surface area contributed by atoms with Crippen molar-refractivity contribution in [3.63, 3.8) is 0 Å². The van der Waals surface area contributed by atoms with E-state index in [0.29, 0.717) is 12.0 Å². The Kier molecular flexibility index (Phi) is 3.08.